The molecule has 2 rings (SSSR count). The molecule has 0 N–H and O–H groups in total. The number of aromatic nitrogens is 1. The van der Waals surface area contributed by atoms with Crippen molar-refractivity contribution in [2.45, 2.75) is 0 Å². The maximum absolute atomic E-state index is 13.4. The summed E-state index contributed by atoms with van der Waals surface area (Å²) in [5.41, 5.74) is 0.303. The molecule has 17 heavy (non-hydrogen) atoms. The second kappa shape index (κ2) is 4.37. The van der Waals surface area contributed by atoms with E-state index in [0.717, 1.165) is 6.07 Å². The topological polar surface area (TPSA) is 30.0 Å². The lowest BCUT2D eigenvalue weighted by molar-refractivity contribution is 0.112. The van der Waals surface area contributed by atoms with Crippen molar-refractivity contribution in [2.75, 3.05) is 0 Å². The largest absolute Gasteiger partial charge is 0.298 e. The number of nitrogens with zero attached hydrogens (tertiary/aromatic N) is 1. The standard InChI is InChI=1S/C12H6F3NO/c13-10-3-12(15)11(14)2-9(10)8-1-7(6-17)4-16-5-8/h1-6H. The summed E-state index contributed by atoms with van der Waals surface area (Å²) in [5.74, 6) is -3.32. The molecule has 2 aromatic rings. The molecule has 0 fully saturated rings. The fraction of sp³-hybridized carbons (Fsp3) is 0. The first-order valence-electron chi connectivity index (χ1n) is 4.67. The van der Waals surface area contributed by atoms with Crippen molar-refractivity contribution < 1.29 is 18.0 Å². The third-order valence-electron chi connectivity index (χ3n) is 2.22. The average molecular weight is 237 g/mol. The van der Waals surface area contributed by atoms with E-state index < -0.39 is 17.5 Å². The highest BCUT2D eigenvalue weighted by Crippen LogP contribution is 2.24. The van der Waals surface area contributed by atoms with Crippen molar-refractivity contribution >= 4 is 6.29 Å². The third kappa shape index (κ3) is 2.18. The van der Waals surface area contributed by atoms with Crippen LogP contribution in [0, 0.1) is 17.5 Å². The molecule has 0 unspecified atom stereocenters. The zero-order valence-corrected chi connectivity index (χ0v) is 8.45. The van der Waals surface area contributed by atoms with E-state index in [1.165, 1.54) is 18.5 Å². The summed E-state index contributed by atoms with van der Waals surface area (Å²) in [6.07, 6.45) is 3.09. The fourth-order valence-electron chi connectivity index (χ4n) is 1.41. The molecule has 0 saturated carbocycles. The van der Waals surface area contributed by atoms with Crippen molar-refractivity contribution in [3.05, 3.63) is 53.6 Å². The van der Waals surface area contributed by atoms with Crippen LogP contribution in [0.4, 0.5) is 13.2 Å². The number of benzene rings is 1. The maximum atomic E-state index is 13.4. The number of hydrogen-bond acceptors (Lipinski definition) is 2. The number of rotatable bonds is 2. The summed E-state index contributed by atoms with van der Waals surface area (Å²) in [4.78, 5) is 14.2. The second-order valence-corrected chi connectivity index (χ2v) is 3.37. The first kappa shape index (κ1) is 11.3. The van der Waals surface area contributed by atoms with Gasteiger partial charge in [0.1, 0.15) is 5.82 Å². The van der Waals surface area contributed by atoms with Gasteiger partial charge in [0.25, 0.3) is 0 Å². The smallest absolute Gasteiger partial charge is 0.161 e. The van der Waals surface area contributed by atoms with E-state index >= 15 is 0 Å². The number of carbonyl (C=O) groups excluding carboxylic acids is 1. The zero-order valence-electron chi connectivity index (χ0n) is 8.45. The lowest BCUT2D eigenvalue weighted by atomic mass is 10.1. The highest BCUT2D eigenvalue weighted by atomic mass is 19.2. The van der Waals surface area contributed by atoms with Gasteiger partial charge in [-0.2, -0.15) is 0 Å². The molecule has 0 bridgehead atoms. The van der Waals surface area contributed by atoms with Gasteiger partial charge in [0.15, 0.2) is 17.9 Å². The monoisotopic (exact) mass is 237 g/mol. The Hall–Kier alpha value is -2.17. The minimum absolute atomic E-state index is 0.139. The summed E-state index contributed by atoms with van der Waals surface area (Å²) in [6.45, 7) is 0. The maximum Gasteiger partial charge on any atom is 0.161 e. The molecule has 0 spiro atoms. The Morgan fingerprint density at radius 1 is 0.941 bits per heavy atom. The van der Waals surface area contributed by atoms with Crippen molar-refractivity contribution in [3.8, 4) is 11.1 Å². The van der Waals surface area contributed by atoms with Crippen LogP contribution in [0.2, 0.25) is 0 Å². The molecule has 1 heterocycles. The van der Waals surface area contributed by atoms with E-state index in [4.69, 9.17) is 0 Å². The van der Waals surface area contributed by atoms with Gasteiger partial charge in [-0.05, 0) is 12.1 Å². The predicted molar refractivity (Wildman–Crippen MR) is 54.9 cm³/mol. The van der Waals surface area contributed by atoms with Crippen LogP contribution in [-0.4, -0.2) is 11.3 Å². The molecule has 0 saturated heterocycles. The van der Waals surface area contributed by atoms with E-state index in [2.05, 4.69) is 4.98 Å². The Balaban J connectivity index is 2.59. The van der Waals surface area contributed by atoms with E-state index in [9.17, 15) is 18.0 Å². The second-order valence-electron chi connectivity index (χ2n) is 3.37. The number of halogens is 3. The van der Waals surface area contributed by atoms with Gasteiger partial charge in [-0.3, -0.25) is 9.78 Å². The minimum atomic E-state index is -1.26. The van der Waals surface area contributed by atoms with Crippen LogP contribution in [0.5, 0.6) is 0 Å². The van der Waals surface area contributed by atoms with Gasteiger partial charge in [-0.1, -0.05) is 0 Å². The molecule has 86 valence electrons. The predicted octanol–water partition coefficient (Wildman–Crippen LogP) is 2.98. The normalized spacial score (nSPS) is 10.3. The Morgan fingerprint density at radius 2 is 1.65 bits per heavy atom. The van der Waals surface area contributed by atoms with Crippen molar-refractivity contribution in [3.63, 3.8) is 0 Å². The van der Waals surface area contributed by atoms with Crippen LogP contribution in [0.25, 0.3) is 11.1 Å². The molecule has 0 atom stereocenters. The molecule has 1 aromatic carbocycles. The summed E-state index contributed by atoms with van der Waals surface area (Å²) in [6, 6.07) is 2.53. The fourth-order valence-corrected chi connectivity index (χ4v) is 1.41. The molecule has 0 aliphatic rings. The Bertz CT molecular complexity index is 584. The van der Waals surface area contributed by atoms with E-state index in [-0.39, 0.29) is 16.7 Å². The van der Waals surface area contributed by atoms with E-state index in [1.807, 2.05) is 0 Å². The molecule has 0 aliphatic carbocycles. The molecule has 0 amide bonds. The number of pyridine rings is 1. The Morgan fingerprint density at radius 3 is 2.35 bits per heavy atom. The highest BCUT2D eigenvalue weighted by Gasteiger charge is 2.12. The van der Waals surface area contributed by atoms with Crippen LogP contribution < -0.4 is 0 Å². The summed E-state index contributed by atoms with van der Waals surface area (Å²) < 4.78 is 39.2. The van der Waals surface area contributed by atoms with Gasteiger partial charge in [0, 0.05) is 35.2 Å². The van der Waals surface area contributed by atoms with Crippen LogP contribution in [-0.2, 0) is 0 Å². The minimum Gasteiger partial charge on any atom is -0.298 e. The van der Waals surface area contributed by atoms with Gasteiger partial charge < -0.3 is 0 Å². The molecule has 2 nitrogen and oxygen atoms in total. The van der Waals surface area contributed by atoms with Crippen LogP contribution >= 0.6 is 0 Å². The van der Waals surface area contributed by atoms with Gasteiger partial charge in [-0.15, -0.1) is 0 Å². The van der Waals surface area contributed by atoms with Gasteiger partial charge in [0.2, 0.25) is 0 Å². The van der Waals surface area contributed by atoms with Crippen LogP contribution in [0.15, 0.2) is 30.6 Å². The molecule has 0 aliphatic heterocycles. The van der Waals surface area contributed by atoms with Crippen LogP contribution in [0.3, 0.4) is 0 Å². The van der Waals surface area contributed by atoms with Crippen molar-refractivity contribution in [1.29, 1.82) is 0 Å². The number of carbonyl (C=O) groups is 1. The number of hydrogen-bond donors (Lipinski definition) is 0. The first-order chi connectivity index (χ1) is 8.11. The molecular weight excluding hydrogens is 231 g/mol. The van der Waals surface area contributed by atoms with Crippen molar-refractivity contribution in [2.24, 2.45) is 0 Å². The Kier molecular flexibility index (Phi) is 2.91. The summed E-state index contributed by atoms with van der Waals surface area (Å²) in [7, 11) is 0. The van der Waals surface area contributed by atoms with Gasteiger partial charge in [-0.25, -0.2) is 13.2 Å². The average Bonchev–Trinajstić information content (AvgIpc) is 2.34. The van der Waals surface area contributed by atoms with Gasteiger partial charge in [0.05, 0.1) is 0 Å². The van der Waals surface area contributed by atoms with E-state index in [1.54, 1.807) is 0 Å². The van der Waals surface area contributed by atoms with Gasteiger partial charge >= 0.3 is 0 Å². The lowest BCUT2D eigenvalue weighted by Gasteiger charge is -2.04. The molecule has 0 radical (unpaired) electrons. The first-order valence-corrected chi connectivity index (χ1v) is 4.67. The highest BCUT2D eigenvalue weighted by molar-refractivity contribution is 5.78. The quantitative estimate of drug-likeness (QED) is 0.593. The van der Waals surface area contributed by atoms with Crippen molar-refractivity contribution in [1.82, 2.24) is 4.98 Å². The van der Waals surface area contributed by atoms with E-state index in [0.29, 0.717) is 12.4 Å². The zero-order chi connectivity index (χ0) is 12.4. The molecular formula is C12H6F3NO. The lowest BCUT2D eigenvalue weighted by Crippen LogP contribution is -1.93. The number of aldehydes is 1. The summed E-state index contributed by atoms with van der Waals surface area (Å²) in [5, 5.41) is 0. The summed E-state index contributed by atoms with van der Waals surface area (Å²) >= 11 is 0. The molecule has 1 aromatic heterocycles. The Labute approximate surface area is 94.7 Å². The third-order valence-corrected chi connectivity index (χ3v) is 2.22. The SMILES string of the molecule is O=Cc1cncc(-c2cc(F)c(F)cc2F)c1. The van der Waals surface area contributed by atoms with Crippen LogP contribution in [0.1, 0.15) is 10.4 Å². The molecule has 5 heteroatoms.